The number of carboxylic acids is 1. The van der Waals surface area contributed by atoms with E-state index in [4.69, 9.17) is 10.2 Å². The van der Waals surface area contributed by atoms with Crippen molar-refractivity contribution in [2.75, 3.05) is 12.4 Å². The molecule has 0 spiro atoms. The Morgan fingerprint density at radius 1 is 1.50 bits per heavy atom. The Hall–Kier alpha value is -1.68. The summed E-state index contributed by atoms with van der Waals surface area (Å²) >= 11 is 1.16. The van der Waals surface area contributed by atoms with E-state index in [0.717, 1.165) is 24.6 Å². The first kappa shape index (κ1) is 14.7. The van der Waals surface area contributed by atoms with Crippen molar-refractivity contribution >= 4 is 23.6 Å². The highest BCUT2D eigenvalue weighted by Crippen LogP contribution is 2.36. The number of thioether (sulfide) groups is 1. The monoisotopic (exact) mass is 301 g/mol. The van der Waals surface area contributed by atoms with Crippen molar-refractivity contribution in [3.8, 4) is 0 Å². The molecule has 1 heterocycles. The number of aliphatic hydroxyl groups excluding tert-OH is 1. The first-order valence-electron chi connectivity index (χ1n) is 6.15. The van der Waals surface area contributed by atoms with Gasteiger partial charge >= 0.3 is 5.97 Å². The molecule has 1 aromatic rings. The number of amides is 1. The molecule has 1 atom stereocenters. The molecule has 9 nitrogen and oxygen atoms in total. The van der Waals surface area contributed by atoms with Crippen LogP contribution in [0.2, 0.25) is 0 Å². The molecule has 1 fully saturated rings. The number of hydrogen-bond donors (Lipinski definition) is 3. The van der Waals surface area contributed by atoms with Crippen LogP contribution in [0, 0.1) is 0 Å². The molecule has 110 valence electrons. The van der Waals surface area contributed by atoms with E-state index < -0.39 is 17.9 Å². The van der Waals surface area contributed by atoms with Crippen LogP contribution in [-0.4, -0.2) is 60.7 Å². The highest BCUT2D eigenvalue weighted by molar-refractivity contribution is 7.99. The molecule has 10 heteroatoms. The van der Waals surface area contributed by atoms with E-state index in [-0.39, 0.29) is 18.8 Å². The van der Waals surface area contributed by atoms with Crippen LogP contribution in [0.15, 0.2) is 5.16 Å². The van der Waals surface area contributed by atoms with Gasteiger partial charge in [0.05, 0.1) is 11.8 Å². The lowest BCUT2D eigenvalue weighted by molar-refractivity contribution is -0.141. The highest BCUT2D eigenvalue weighted by Gasteiger charge is 2.28. The zero-order valence-corrected chi connectivity index (χ0v) is 11.4. The average Bonchev–Trinajstić information content (AvgIpc) is 3.14. The predicted molar refractivity (Wildman–Crippen MR) is 68.1 cm³/mol. The number of hydrogen-bond acceptors (Lipinski definition) is 7. The summed E-state index contributed by atoms with van der Waals surface area (Å²) in [6, 6.07) is -0.760. The number of carboxylic acid groups (broad SMARTS) is 1. The number of carbonyl (C=O) groups is 2. The van der Waals surface area contributed by atoms with E-state index in [0.29, 0.717) is 11.2 Å². The molecule has 0 bridgehead atoms. The second-order valence-corrected chi connectivity index (χ2v) is 5.34. The fourth-order valence-electron chi connectivity index (χ4n) is 1.58. The van der Waals surface area contributed by atoms with Gasteiger partial charge in [-0.15, -0.1) is 5.10 Å². The van der Waals surface area contributed by atoms with Gasteiger partial charge < -0.3 is 15.5 Å². The molecule has 1 saturated carbocycles. The van der Waals surface area contributed by atoms with Gasteiger partial charge in [-0.3, -0.25) is 4.79 Å². The molecule has 0 saturated heterocycles. The van der Waals surface area contributed by atoms with Crippen molar-refractivity contribution in [2.45, 2.75) is 36.5 Å². The molecule has 0 aliphatic heterocycles. The summed E-state index contributed by atoms with van der Waals surface area (Å²) < 4.78 is 1.68. The molecule has 2 rings (SSSR count). The first-order chi connectivity index (χ1) is 9.61. The first-order valence-corrected chi connectivity index (χ1v) is 7.14. The Bertz CT molecular complexity index is 490. The Balaban J connectivity index is 1.82. The molecular weight excluding hydrogens is 286 g/mol. The molecule has 3 N–H and O–H groups in total. The van der Waals surface area contributed by atoms with Crippen molar-refractivity contribution in [1.29, 1.82) is 0 Å². The van der Waals surface area contributed by atoms with Crippen molar-refractivity contribution in [1.82, 2.24) is 25.5 Å². The summed E-state index contributed by atoms with van der Waals surface area (Å²) in [6.45, 7) is -0.301. The Morgan fingerprint density at radius 2 is 2.25 bits per heavy atom. The normalized spacial score (nSPS) is 15.8. The topological polar surface area (TPSA) is 130 Å². The van der Waals surface area contributed by atoms with Gasteiger partial charge in [-0.25, -0.2) is 9.48 Å². The van der Waals surface area contributed by atoms with Crippen LogP contribution in [0.1, 0.15) is 25.3 Å². The number of nitrogens with one attached hydrogen (secondary N) is 1. The lowest BCUT2D eigenvalue weighted by atomic mass is 10.2. The van der Waals surface area contributed by atoms with Gasteiger partial charge in [0.25, 0.3) is 0 Å². The third-order valence-electron chi connectivity index (χ3n) is 2.74. The molecule has 1 amide bonds. The van der Waals surface area contributed by atoms with Crippen LogP contribution >= 0.6 is 11.8 Å². The van der Waals surface area contributed by atoms with Crippen LogP contribution in [0.5, 0.6) is 0 Å². The quantitative estimate of drug-likeness (QED) is 0.524. The molecule has 0 radical (unpaired) electrons. The van der Waals surface area contributed by atoms with E-state index in [9.17, 15) is 9.59 Å². The van der Waals surface area contributed by atoms with Gasteiger partial charge in [0.1, 0.15) is 6.04 Å². The third kappa shape index (κ3) is 3.90. The number of tetrazole rings is 1. The minimum absolute atomic E-state index is 0.0223. The Morgan fingerprint density at radius 3 is 2.85 bits per heavy atom. The van der Waals surface area contributed by atoms with Gasteiger partial charge in [0.15, 0.2) is 0 Å². The SMILES string of the molecule is O=C(CSc1nnnn1C1CC1)N[C@H](CCO)C(=O)O. The van der Waals surface area contributed by atoms with Crippen LogP contribution in [0.4, 0.5) is 0 Å². The van der Waals surface area contributed by atoms with Crippen LogP contribution in [0.25, 0.3) is 0 Å². The van der Waals surface area contributed by atoms with E-state index >= 15 is 0 Å². The molecule has 1 aliphatic rings. The molecule has 20 heavy (non-hydrogen) atoms. The largest absolute Gasteiger partial charge is 0.480 e. The van der Waals surface area contributed by atoms with Crippen LogP contribution < -0.4 is 5.32 Å². The zero-order valence-electron chi connectivity index (χ0n) is 10.6. The van der Waals surface area contributed by atoms with Crippen molar-refractivity contribution in [2.24, 2.45) is 0 Å². The van der Waals surface area contributed by atoms with E-state index in [2.05, 4.69) is 20.8 Å². The van der Waals surface area contributed by atoms with Gasteiger partial charge in [-0.2, -0.15) is 0 Å². The second kappa shape index (κ2) is 6.66. The number of nitrogens with zero attached hydrogens (tertiary/aromatic N) is 4. The fourth-order valence-corrected chi connectivity index (χ4v) is 2.34. The lowest BCUT2D eigenvalue weighted by Crippen LogP contribution is -2.42. The predicted octanol–water partition coefficient (Wildman–Crippen LogP) is -0.948. The summed E-state index contributed by atoms with van der Waals surface area (Å²) in [5.41, 5.74) is 0. The van der Waals surface area contributed by atoms with Crippen LogP contribution in [-0.2, 0) is 9.59 Å². The van der Waals surface area contributed by atoms with Gasteiger partial charge in [-0.1, -0.05) is 11.8 Å². The maximum Gasteiger partial charge on any atom is 0.326 e. The Labute approximate surface area is 118 Å². The number of aliphatic carboxylic acids is 1. The van der Waals surface area contributed by atoms with Crippen molar-refractivity contribution < 1.29 is 19.8 Å². The maximum atomic E-state index is 11.7. The minimum atomic E-state index is -1.17. The number of aliphatic hydroxyl groups is 1. The van der Waals surface area contributed by atoms with E-state index in [1.165, 1.54) is 0 Å². The number of carbonyl (C=O) groups excluding carboxylic acids is 1. The lowest BCUT2D eigenvalue weighted by Gasteiger charge is -2.12. The second-order valence-electron chi connectivity index (χ2n) is 4.40. The van der Waals surface area contributed by atoms with Crippen LogP contribution in [0.3, 0.4) is 0 Å². The standard InChI is InChI=1S/C10H15N5O4S/c16-4-3-7(9(18)19)11-8(17)5-20-10-12-13-14-15(10)6-1-2-6/h6-7,16H,1-5H2,(H,11,17)(H,18,19)/t7-/m1/s1. The summed E-state index contributed by atoms with van der Waals surface area (Å²) in [4.78, 5) is 22.5. The summed E-state index contributed by atoms with van der Waals surface area (Å²) in [6.07, 6.45) is 2.04. The summed E-state index contributed by atoms with van der Waals surface area (Å²) in [5.74, 6) is -1.57. The maximum absolute atomic E-state index is 11.7. The molecule has 0 unspecified atom stereocenters. The van der Waals surface area contributed by atoms with Gasteiger partial charge in [0.2, 0.25) is 11.1 Å². The highest BCUT2D eigenvalue weighted by atomic mass is 32.2. The van der Waals surface area contributed by atoms with Gasteiger partial charge in [0, 0.05) is 13.0 Å². The van der Waals surface area contributed by atoms with Gasteiger partial charge in [-0.05, 0) is 23.3 Å². The molecule has 1 aliphatic carbocycles. The number of rotatable bonds is 8. The van der Waals surface area contributed by atoms with E-state index in [1.54, 1.807) is 4.68 Å². The van der Waals surface area contributed by atoms with Crippen molar-refractivity contribution in [3.63, 3.8) is 0 Å². The third-order valence-corrected chi connectivity index (χ3v) is 3.67. The minimum Gasteiger partial charge on any atom is -0.480 e. The molecular formula is C10H15N5O4S. The fraction of sp³-hybridized carbons (Fsp3) is 0.700. The smallest absolute Gasteiger partial charge is 0.326 e. The molecule has 1 aromatic heterocycles. The van der Waals surface area contributed by atoms with E-state index in [1.807, 2.05) is 0 Å². The Kier molecular flexibility index (Phi) is 4.90. The summed E-state index contributed by atoms with van der Waals surface area (Å²) in [7, 11) is 0. The number of aromatic nitrogens is 4. The van der Waals surface area contributed by atoms with Crippen molar-refractivity contribution in [3.05, 3.63) is 0 Å². The molecule has 0 aromatic carbocycles. The average molecular weight is 301 g/mol. The zero-order chi connectivity index (χ0) is 14.5. The summed E-state index contributed by atoms with van der Waals surface area (Å²) in [5, 5.41) is 31.7.